The standard InChI is InChI=1S/C18H26FNO4/c1-17(2,3)24-16(22)20-10-15(19)9-18(20,12-21)13-23-11-14-7-5-4-6-8-14/h4-8,15,21H,9-13H2,1-3H3/t15-,18-/m1/s1. The van der Waals surface area contributed by atoms with E-state index in [0.717, 1.165) is 5.56 Å². The minimum Gasteiger partial charge on any atom is -0.444 e. The first-order chi connectivity index (χ1) is 11.3. The highest BCUT2D eigenvalue weighted by Gasteiger charge is 2.49. The molecule has 1 saturated heterocycles. The molecule has 0 radical (unpaired) electrons. The quantitative estimate of drug-likeness (QED) is 0.896. The van der Waals surface area contributed by atoms with Crippen LogP contribution in [0.15, 0.2) is 30.3 Å². The van der Waals surface area contributed by atoms with Crippen molar-refractivity contribution in [1.29, 1.82) is 0 Å². The van der Waals surface area contributed by atoms with Crippen LogP contribution in [-0.4, -0.2) is 53.2 Å². The molecule has 0 spiro atoms. The Morgan fingerprint density at radius 2 is 2.04 bits per heavy atom. The van der Waals surface area contributed by atoms with Crippen molar-refractivity contribution in [3.8, 4) is 0 Å². The Balaban J connectivity index is 2.04. The summed E-state index contributed by atoms with van der Waals surface area (Å²) in [6.07, 6.45) is -1.79. The van der Waals surface area contributed by atoms with Gasteiger partial charge in [-0.05, 0) is 26.3 Å². The molecule has 1 aliphatic heterocycles. The molecule has 1 aromatic carbocycles. The molecular weight excluding hydrogens is 313 g/mol. The lowest BCUT2D eigenvalue weighted by molar-refractivity contribution is -0.0407. The van der Waals surface area contributed by atoms with Gasteiger partial charge in [-0.15, -0.1) is 0 Å². The fourth-order valence-corrected chi connectivity index (χ4v) is 2.83. The van der Waals surface area contributed by atoms with E-state index in [0.29, 0.717) is 6.61 Å². The highest BCUT2D eigenvalue weighted by atomic mass is 19.1. The second-order valence-electron chi connectivity index (χ2n) is 7.25. The number of aliphatic hydroxyl groups excluding tert-OH is 1. The van der Waals surface area contributed by atoms with Crippen molar-refractivity contribution in [3.63, 3.8) is 0 Å². The average molecular weight is 339 g/mol. The number of benzene rings is 1. The van der Waals surface area contributed by atoms with Crippen molar-refractivity contribution in [2.45, 2.75) is 51.1 Å². The average Bonchev–Trinajstić information content (AvgIpc) is 2.84. The normalized spacial score (nSPS) is 24.2. The molecule has 1 fully saturated rings. The third-order valence-electron chi connectivity index (χ3n) is 3.95. The summed E-state index contributed by atoms with van der Waals surface area (Å²) < 4.78 is 25.0. The molecule has 24 heavy (non-hydrogen) atoms. The van der Waals surface area contributed by atoms with Gasteiger partial charge < -0.3 is 14.6 Å². The molecule has 1 heterocycles. The van der Waals surface area contributed by atoms with Gasteiger partial charge in [0.1, 0.15) is 11.8 Å². The number of hydrogen-bond acceptors (Lipinski definition) is 4. The number of carbonyl (C=O) groups excluding carboxylic acids is 1. The van der Waals surface area contributed by atoms with Crippen molar-refractivity contribution in [2.24, 2.45) is 0 Å². The molecule has 2 atom stereocenters. The van der Waals surface area contributed by atoms with Crippen LogP contribution < -0.4 is 0 Å². The molecule has 2 rings (SSSR count). The maximum Gasteiger partial charge on any atom is 0.411 e. The molecule has 0 unspecified atom stereocenters. The predicted molar refractivity (Wildman–Crippen MR) is 88.4 cm³/mol. The lowest BCUT2D eigenvalue weighted by atomic mass is 9.98. The van der Waals surface area contributed by atoms with Gasteiger partial charge >= 0.3 is 6.09 Å². The Morgan fingerprint density at radius 1 is 1.38 bits per heavy atom. The molecule has 1 aliphatic rings. The molecule has 0 aromatic heterocycles. The number of amides is 1. The number of hydrogen-bond donors (Lipinski definition) is 1. The summed E-state index contributed by atoms with van der Waals surface area (Å²) in [4.78, 5) is 13.7. The Hall–Kier alpha value is -1.66. The Kier molecular flexibility index (Phi) is 5.83. The summed E-state index contributed by atoms with van der Waals surface area (Å²) in [5.74, 6) is 0. The minimum absolute atomic E-state index is 0.0392. The topological polar surface area (TPSA) is 59.0 Å². The first-order valence-electron chi connectivity index (χ1n) is 8.13. The van der Waals surface area contributed by atoms with Crippen LogP contribution in [0.1, 0.15) is 32.8 Å². The van der Waals surface area contributed by atoms with Gasteiger partial charge in [0.15, 0.2) is 0 Å². The molecule has 5 nitrogen and oxygen atoms in total. The molecule has 0 saturated carbocycles. The van der Waals surface area contributed by atoms with Gasteiger partial charge in [0.2, 0.25) is 0 Å². The van der Waals surface area contributed by atoms with Crippen molar-refractivity contribution >= 4 is 6.09 Å². The molecule has 134 valence electrons. The molecule has 1 aromatic rings. The van der Waals surface area contributed by atoms with E-state index in [1.807, 2.05) is 30.3 Å². The van der Waals surface area contributed by atoms with Gasteiger partial charge in [-0.1, -0.05) is 30.3 Å². The number of carbonyl (C=O) groups is 1. The SMILES string of the molecule is CC(C)(C)OC(=O)N1C[C@H](F)C[C@@]1(CO)COCc1ccccc1. The highest BCUT2D eigenvalue weighted by Crippen LogP contribution is 2.33. The molecule has 0 bridgehead atoms. The summed E-state index contributed by atoms with van der Waals surface area (Å²) in [7, 11) is 0. The summed E-state index contributed by atoms with van der Waals surface area (Å²) in [5.41, 5.74) is -0.794. The monoisotopic (exact) mass is 339 g/mol. The summed E-state index contributed by atoms with van der Waals surface area (Å²) in [6, 6.07) is 9.56. The molecule has 6 heteroatoms. The fourth-order valence-electron chi connectivity index (χ4n) is 2.83. The predicted octanol–water partition coefficient (Wildman–Crippen LogP) is 2.91. The van der Waals surface area contributed by atoms with Crippen LogP contribution in [0.25, 0.3) is 0 Å². The second-order valence-corrected chi connectivity index (χ2v) is 7.25. The van der Waals surface area contributed by atoms with E-state index in [9.17, 15) is 14.3 Å². The van der Waals surface area contributed by atoms with Gasteiger partial charge in [0, 0.05) is 6.42 Å². The summed E-state index contributed by atoms with van der Waals surface area (Å²) >= 11 is 0. The second kappa shape index (κ2) is 7.49. The van der Waals surface area contributed by atoms with Crippen LogP contribution in [0.4, 0.5) is 9.18 Å². The summed E-state index contributed by atoms with van der Waals surface area (Å²) in [6.45, 7) is 5.17. The van der Waals surface area contributed by atoms with Crippen LogP contribution >= 0.6 is 0 Å². The highest BCUT2D eigenvalue weighted by molar-refractivity contribution is 5.70. The zero-order valence-corrected chi connectivity index (χ0v) is 14.5. The van der Waals surface area contributed by atoms with Crippen LogP contribution in [-0.2, 0) is 16.1 Å². The fraction of sp³-hybridized carbons (Fsp3) is 0.611. The van der Waals surface area contributed by atoms with Crippen molar-refractivity contribution in [3.05, 3.63) is 35.9 Å². The third kappa shape index (κ3) is 4.68. The van der Waals surface area contributed by atoms with Crippen LogP contribution in [0.2, 0.25) is 0 Å². The van der Waals surface area contributed by atoms with E-state index >= 15 is 0 Å². The number of nitrogens with zero attached hydrogens (tertiary/aromatic N) is 1. The number of rotatable bonds is 5. The van der Waals surface area contributed by atoms with E-state index in [1.165, 1.54) is 4.90 Å². The van der Waals surface area contributed by atoms with Gasteiger partial charge in [-0.25, -0.2) is 9.18 Å². The molecular formula is C18H26FNO4. The van der Waals surface area contributed by atoms with Crippen molar-refractivity contribution < 1.29 is 23.8 Å². The largest absolute Gasteiger partial charge is 0.444 e. The van der Waals surface area contributed by atoms with E-state index in [1.54, 1.807) is 20.8 Å². The van der Waals surface area contributed by atoms with Crippen molar-refractivity contribution in [1.82, 2.24) is 4.90 Å². The molecule has 0 aliphatic carbocycles. The first kappa shape index (κ1) is 18.7. The van der Waals surface area contributed by atoms with E-state index in [2.05, 4.69) is 0 Å². The van der Waals surface area contributed by atoms with Gasteiger partial charge in [-0.3, -0.25) is 4.90 Å². The molecule has 1 N–H and O–H groups in total. The first-order valence-corrected chi connectivity index (χ1v) is 8.13. The minimum atomic E-state index is -1.20. The van der Waals surface area contributed by atoms with Gasteiger partial charge in [-0.2, -0.15) is 0 Å². The van der Waals surface area contributed by atoms with Crippen molar-refractivity contribution in [2.75, 3.05) is 19.8 Å². The third-order valence-corrected chi connectivity index (χ3v) is 3.95. The zero-order valence-electron chi connectivity index (χ0n) is 14.5. The van der Waals surface area contributed by atoms with Crippen LogP contribution in [0, 0.1) is 0 Å². The molecule has 1 amide bonds. The number of halogens is 1. The van der Waals surface area contributed by atoms with E-state index in [4.69, 9.17) is 9.47 Å². The number of alkyl halides is 1. The van der Waals surface area contributed by atoms with Crippen LogP contribution in [0.5, 0.6) is 0 Å². The Labute approximate surface area is 142 Å². The smallest absolute Gasteiger partial charge is 0.411 e. The Bertz CT molecular complexity index is 546. The number of ether oxygens (including phenoxy) is 2. The van der Waals surface area contributed by atoms with Gasteiger partial charge in [0.05, 0.1) is 31.9 Å². The zero-order chi connectivity index (χ0) is 17.8. The van der Waals surface area contributed by atoms with Crippen LogP contribution in [0.3, 0.4) is 0 Å². The number of aliphatic hydroxyl groups is 1. The maximum atomic E-state index is 14.0. The summed E-state index contributed by atoms with van der Waals surface area (Å²) in [5, 5.41) is 9.85. The van der Waals surface area contributed by atoms with E-state index < -0.39 is 23.4 Å². The van der Waals surface area contributed by atoms with Gasteiger partial charge in [0.25, 0.3) is 0 Å². The van der Waals surface area contributed by atoms with E-state index in [-0.39, 0.29) is 26.2 Å². The number of likely N-dealkylation sites (tertiary alicyclic amines) is 1. The maximum absolute atomic E-state index is 14.0. The lowest BCUT2D eigenvalue weighted by Crippen LogP contribution is -2.54. The Morgan fingerprint density at radius 3 is 2.62 bits per heavy atom. The lowest BCUT2D eigenvalue weighted by Gasteiger charge is -2.37.